The third kappa shape index (κ3) is 1.45. The van der Waals surface area contributed by atoms with Crippen LogP contribution in [0, 0.1) is 23.7 Å². The van der Waals surface area contributed by atoms with Gasteiger partial charge in [-0.1, -0.05) is 0 Å². The Bertz CT molecular complexity index is 328. The van der Waals surface area contributed by atoms with Crippen molar-refractivity contribution < 1.29 is 9.47 Å². The molecule has 0 radical (unpaired) electrons. The standard InChI is InChI=1S/C14H24NO2P/c15-6-13(8-18)7-16-14(17-13)11-2-9-1-10(4-11)5-12(14)3-9/h9-12H,1-8,15,18H2. The molecular weight excluding hydrogens is 245 g/mol. The molecule has 0 aromatic rings. The van der Waals surface area contributed by atoms with Crippen molar-refractivity contribution in [2.45, 2.75) is 43.5 Å². The summed E-state index contributed by atoms with van der Waals surface area (Å²) in [5, 5.41) is 0. The summed E-state index contributed by atoms with van der Waals surface area (Å²) in [7, 11) is 2.79. The topological polar surface area (TPSA) is 44.5 Å². The number of hydrogen-bond acceptors (Lipinski definition) is 3. The van der Waals surface area contributed by atoms with Crippen LogP contribution < -0.4 is 5.73 Å². The molecule has 5 fully saturated rings. The zero-order valence-electron chi connectivity index (χ0n) is 10.9. The van der Waals surface area contributed by atoms with Crippen LogP contribution >= 0.6 is 9.24 Å². The molecule has 4 bridgehead atoms. The van der Waals surface area contributed by atoms with Gasteiger partial charge in [-0.25, -0.2) is 0 Å². The fourth-order valence-electron chi connectivity index (χ4n) is 5.17. The highest BCUT2D eigenvalue weighted by atomic mass is 31.0. The van der Waals surface area contributed by atoms with E-state index >= 15 is 0 Å². The van der Waals surface area contributed by atoms with Crippen LogP contribution in [0.4, 0.5) is 0 Å². The molecule has 1 heterocycles. The van der Waals surface area contributed by atoms with Crippen molar-refractivity contribution in [1.29, 1.82) is 0 Å². The molecule has 5 aliphatic rings. The lowest BCUT2D eigenvalue weighted by Crippen LogP contribution is -2.59. The summed E-state index contributed by atoms with van der Waals surface area (Å²) in [6, 6.07) is 0. The summed E-state index contributed by atoms with van der Waals surface area (Å²) in [5.74, 6) is 2.92. The zero-order valence-corrected chi connectivity index (χ0v) is 12.1. The second kappa shape index (κ2) is 3.91. The minimum atomic E-state index is -0.261. The summed E-state index contributed by atoms with van der Waals surface area (Å²) >= 11 is 0. The molecule has 1 aliphatic heterocycles. The first-order chi connectivity index (χ1) is 8.70. The number of ether oxygens (including phenoxy) is 2. The van der Waals surface area contributed by atoms with E-state index in [-0.39, 0.29) is 11.4 Å². The van der Waals surface area contributed by atoms with Crippen LogP contribution in [0.3, 0.4) is 0 Å². The zero-order chi connectivity index (χ0) is 12.4. The maximum absolute atomic E-state index is 6.54. The van der Waals surface area contributed by atoms with Crippen molar-refractivity contribution in [3.8, 4) is 0 Å². The van der Waals surface area contributed by atoms with E-state index in [0.717, 1.165) is 18.0 Å². The fraction of sp³-hybridized carbons (Fsp3) is 1.00. The predicted octanol–water partition coefficient (Wildman–Crippen LogP) is 1.76. The average Bonchev–Trinajstić information content (AvgIpc) is 2.77. The first-order valence-electron chi connectivity index (χ1n) is 7.44. The van der Waals surface area contributed by atoms with Crippen LogP contribution in [0.15, 0.2) is 0 Å². The van der Waals surface area contributed by atoms with Crippen molar-refractivity contribution in [2.75, 3.05) is 19.3 Å². The third-order valence-corrected chi connectivity index (χ3v) is 6.70. The van der Waals surface area contributed by atoms with Gasteiger partial charge in [-0.05, 0) is 50.1 Å². The van der Waals surface area contributed by atoms with Gasteiger partial charge in [-0.2, -0.15) is 0 Å². The van der Waals surface area contributed by atoms with Gasteiger partial charge in [0.1, 0.15) is 5.60 Å². The molecule has 3 nitrogen and oxygen atoms in total. The molecule has 18 heavy (non-hydrogen) atoms. The lowest BCUT2D eigenvalue weighted by molar-refractivity contribution is -0.301. The van der Waals surface area contributed by atoms with Crippen molar-refractivity contribution in [3.63, 3.8) is 0 Å². The van der Waals surface area contributed by atoms with Gasteiger partial charge in [0.05, 0.1) is 6.61 Å². The van der Waals surface area contributed by atoms with Crippen LogP contribution in [-0.2, 0) is 9.47 Å². The molecule has 1 saturated heterocycles. The number of rotatable bonds is 2. The minimum absolute atomic E-state index is 0.236. The third-order valence-electron chi connectivity index (χ3n) is 5.96. The van der Waals surface area contributed by atoms with Crippen LogP contribution in [-0.4, -0.2) is 30.7 Å². The molecule has 102 valence electrons. The summed E-state index contributed by atoms with van der Waals surface area (Å²) in [4.78, 5) is 0. The molecule has 0 aromatic heterocycles. The highest BCUT2D eigenvalue weighted by Gasteiger charge is 2.64. The lowest BCUT2D eigenvalue weighted by atomic mass is 9.53. The van der Waals surface area contributed by atoms with E-state index < -0.39 is 0 Å². The van der Waals surface area contributed by atoms with Gasteiger partial charge in [0.2, 0.25) is 0 Å². The van der Waals surface area contributed by atoms with E-state index in [2.05, 4.69) is 9.24 Å². The second-order valence-corrected chi connectivity index (χ2v) is 7.42. The molecule has 2 N–H and O–H groups in total. The average molecular weight is 269 g/mol. The molecule has 0 aromatic carbocycles. The first kappa shape index (κ1) is 12.1. The maximum Gasteiger partial charge on any atom is 0.174 e. The van der Waals surface area contributed by atoms with E-state index in [4.69, 9.17) is 15.2 Å². The van der Waals surface area contributed by atoms with Gasteiger partial charge in [-0.15, -0.1) is 9.24 Å². The van der Waals surface area contributed by atoms with Crippen LogP contribution in [0.2, 0.25) is 0 Å². The number of hydrogen-bond donors (Lipinski definition) is 1. The Morgan fingerprint density at radius 3 is 2.11 bits per heavy atom. The van der Waals surface area contributed by atoms with Gasteiger partial charge in [-0.3, -0.25) is 0 Å². The minimum Gasteiger partial charge on any atom is -0.346 e. The summed E-state index contributed by atoms with van der Waals surface area (Å²) in [5.41, 5.74) is 5.70. The quantitative estimate of drug-likeness (QED) is 0.777. The Morgan fingerprint density at radius 1 is 1.06 bits per heavy atom. The van der Waals surface area contributed by atoms with E-state index in [0.29, 0.717) is 25.0 Å². The van der Waals surface area contributed by atoms with Gasteiger partial charge in [0, 0.05) is 18.4 Å². The van der Waals surface area contributed by atoms with Crippen molar-refractivity contribution in [1.82, 2.24) is 0 Å². The Hall–Kier alpha value is 0.310. The Balaban J connectivity index is 1.65. The van der Waals surface area contributed by atoms with Gasteiger partial charge >= 0.3 is 0 Å². The molecule has 0 amide bonds. The van der Waals surface area contributed by atoms with E-state index in [9.17, 15) is 0 Å². The van der Waals surface area contributed by atoms with E-state index in [1.54, 1.807) is 0 Å². The summed E-state index contributed by atoms with van der Waals surface area (Å²) in [6.45, 7) is 1.26. The smallest absolute Gasteiger partial charge is 0.174 e. The molecule has 1 spiro atoms. The highest BCUT2D eigenvalue weighted by Crippen LogP contribution is 2.62. The SMILES string of the molecule is NCC1(CP)COC2(O1)C1CC3CC(C1)CC2C3. The van der Waals surface area contributed by atoms with Gasteiger partial charge in [0.25, 0.3) is 0 Å². The van der Waals surface area contributed by atoms with Crippen LogP contribution in [0.1, 0.15) is 32.1 Å². The first-order valence-corrected chi connectivity index (χ1v) is 8.25. The maximum atomic E-state index is 6.54. The lowest BCUT2D eigenvalue weighted by Gasteiger charge is -2.58. The molecular formula is C14H24NO2P. The molecule has 2 atom stereocenters. The van der Waals surface area contributed by atoms with Crippen molar-refractivity contribution in [3.05, 3.63) is 0 Å². The highest BCUT2D eigenvalue weighted by molar-refractivity contribution is 7.16. The normalized spacial score (nSPS) is 57.7. The summed E-state index contributed by atoms with van der Waals surface area (Å²) in [6.07, 6.45) is 7.65. The van der Waals surface area contributed by atoms with E-state index in [1.807, 2.05) is 0 Å². The fourth-order valence-corrected chi connectivity index (χ4v) is 5.54. The largest absolute Gasteiger partial charge is 0.346 e. The Labute approximate surface area is 111 Å². The Morgan fingerprint density at radius 2 is 1.67 bits per heavy atom. The number of nitrogens with two attached hydrogens (primary N) is 1. The molecule has 5 rings (SSSR count). The predicted molar refractivity (Wildman–Crippen MR) is 73.2 cm³/mol. The van der Waals surface area contributed by atoms with Crippen molar-refractivity contribution in [2.24, 2.45) is 29.4 Å². The van der Waals surface area contributed by atoms with Crippen LogP contribution in [0.25, 0.3) is 0 Å². The second-order valence-electron chi connectivity index (χ2n) is 7.01. The molecule has 4 heteroatoms. The monoisotopic (exact) mass is 269 g/mol. The Kier molecular flexibility index (Phi) is 2.63. The van der Waals surface area contributed by atoms with Crippen LogP contribution in [0.5, 0.6) is 0 Å². The van der Waals surface area contributed by atoms with Gasteiger partial charge in [0.15, 0.2) is 5.79 Å². The molecule has 4 saturated carbocycles. The summed E-state index contributed by atoms with van der Waals surface area (Å²) < 4.78 is 12.8. The van der Waals surface area contributed by atoms with Gasteiger partial charge < -0.3 is 15.2 Å². The molecule has 4 aliphatic carbocycles. The molecule has 2 unspecified atom stereocenters. The van der Waals surface area contributed by atoms with E-state index in [1.165, 1.54) is 32.1 Å². The van der Waals surface area contributed by atoms with Crippen molar-refractivity contribution >= 4 is 9.24 Å².